The van der Waals surface area contributed by atoms with Crippen LogP contribution in [0.15, 0.2) is 0 Å². The number of rotatable bonds is 7. The highest BCUT2D eigenvalue weighted by atomic mass is 17.0. The maximum Gasteiger partial charge on any atom is 0.263 e. The number of hydrogen-bond donors (Lipinski definition) is 5. The van der Waals surface area contributed by atoms with E-state index >= 15 is 0 Å². The largest absolute Gasteiger partial charge is 0.369 e. The Morgan fingerprint density at radius 3 is 2.29 bits per heavy atom. The Morgan fingerprint density at radius 1 is 1.12 bits per heavy atom. The molecule has 6 N–H and O–H groups in total. The van der Waals surface area contributed by atoms with Crippen molar-refractivity contribution in [2.24, 2.45) is 5.73 Å². The van der Waals surface area contributed by atoms with E-state index in [0.717, 1.165) is 24.5 Å². The summed E-state index contributed by atoms with van der Waals surface area (Å²) in [7, 11) is 0. The van der Waals surface area contributed by atoms with Crippen LogP contribution in [0.3, 0.4) is 0 Å². The summed E-state index contributed by atoms with van der Waals surface area (Å²) >= 11 is 0. The third kappa shape index (κ3) is 8.29. The summed E-state index contributed by atoms with van der Waals surface area (Å²) in [5.41, 5.74) is 9.73. The molecule has 0 aromatic carbocycles. The van der Waals surface area contributed by atoms with Crippen molar-refractivity contribution in [2.75, 3.05) is 13.2 Å². The van der Waals surface area contributed by atoms with Crippen LogP contribution in [0, 0.1) is 10.8 Å². The van der Waals surface area contributed by atoms with E-state index in [1.54, 1.807) is 0 Å². The average molecular weight is 246 g/mol. The number of nitrogens with one attached hydrogen (secondary N) is 4. The molecule has 0 amide bonds. The van der Waals surface area contributed by atoms with Gasteiger partial charge in [0.2, 0.25) is 5.96 Å². The molecule has 8 heteroatoms. The predicted molar refractivity (Wildman–Crippen MR) is 64.9 cm³/mol. The zero-order valence-electron chi connectivity index (χ0n) is 10.4. The molecular formula is C9H22N6O2. The molecule has 0 bridgehead atoms. The summed E-state index contributed by atoms with van der Waals surface area (Å²) in [5.74, 6) is -0.455. The van der Waals surface area contributed by atoms with Crippen molar-refractivity contribution in [3.8, 4) is 0 Å². The van der Waals surface area contributed by atoms with Crippen LogP contribution in [0.25, 0.3) is 0 Å². The van der Waals surface area contributed by atoms with Gasteiger partial charge in [-0.05, 0) is 12.8 Å². The Morgan fingerprint density at radius 2 is 1.76 bits per heavy atom. The number of hydrazine groups is 1. The zero-order chi connectivity index (χ0) is 13.1. The minimum absolute atomic E-state index is 0.162. The first-order chi connectivity index (χ1) is 8.11. The van der Waals surface area contributed by atoms with Gasteiger partial charge in [-0.2, -0.15) is 0 Å². The summed E-state index contributed by atoms with van der Waals surface area (Å²) < 4.78 is 0. The molecular weight excluding hydrogens is 224 g/mol. The van der Waals surface area contributed by atoms with Crippen LogP contribution in [0.5, 0.6) is 0 Å². The maximum atomic E-state index is 7.60. The van der Waals surface area contributed by atoms with Gasteiger partial charge in [0, 0.05) is 0 Å². The smallest absolute Gasteiger partial charge is 0.263 e. The lowest BCUT2D eigenvalue weighted by molar-refractivity contribution is -0.319. The van der Waals surface area contributed by atoms with Crippen LogP contribution in [-0.2, 0) is 9.68 Å². The van der Waals surface area contributed by atoms with E-state index < -0.39 is 0 Å². The highest BCUT2D eigenvalue weighted by molar-refractivity contribution is 5.80. The fraction of sp³-hybridized carbons (Fsp3) is 0.778. The van der Waals surface area contributed by atoms with Gasteiger partial charge in [-0.3, -0.25) is 21.7 Å². The molecule has 0 unspecified atom stereocenters. The molecule has 0 radical (unpaired) electrons. The van der Waals surface area contributed by atoms with Crippen molar-refractivity contribution < 1.29 is 9.68 Å². The lowest BCUT2D eigenvalue weighted by atomic mass is 10.4. The quantitative estimate of drug-likeness (QED) is 0.190. The van der Waals surface area contributed by atoms with E-state index in [1.165, 1.54) is 0 Å². The molecule has 0 aromatic heterocycles. The summed E-state index contributed by atoms with van der Waals surface area (Å²) in [6, 6.07) is 0. The lowest BCUT2D eigenvalue weighted by Crippen LogP contribution is -2.51. The van der Waals surface area contributed by atoms with Gasteiger partial charge in [0.25, 0.3) is 5.96 Å². The molecule has 0 aromatic rings. The van der Waals surface area contributed by atoms with Gasteiger partial charge in [0.15, 0.2) is 0 Å². The lowest BCUT2D eigenvalue weighted by Gasteiger charge is -2.23. The number of hydrogen-bond acceptors (Lipinski definition) is 4. The minimum Gasteiger partial charge on any atom is -0.369 e. The number of hydroxylamine groups is 2. The second-order valence-electron chi connectivity index (χ2n) is 3.29. The van der Waals surface area contributed by atoms with Crippen LogP contribution >= 0.6 is 0 Å². The van der Waals surface area contributed by atoms with Crippen LogP contribution in [0.2, 0.25) is 0 Å². The second-order valence-corrected chi connectivity index (χ2v) is 3.29. The fourth-order valence-electron chi connectivity index (χ4n) is 0.805. The van der Waals surface area contributed by atoms with Crippen molar-refractivity contribution >= 4 is 11.9 Å². The van der Waals surface area contributed by atoms with Crippen molar-refractivity contribution in [2.45, 2.75) is 33.1 Å². The van der Waals surface area contributed by atoms with E-state index in [4.69, 9.17) is 26.2 Å². The Balaban J connectivity index is 4.04. The standard InChI is InChI=1S/C9H22N6O2/c1-3-5-7-17-15(16-6-4-2)9(12)14-13-8(10)11/h3-7H2,1-2H3,(H2,12,14)(H4,10,11,13). The van der Waals surface area contributed by atoms with Crippen molar-refractivity contribution in [1.29, 1.82) is 10.8 Å². The minimum atomic E-state index is -0.293. The molecule has 0 heterocycles. The third-order valence-electron chi connectivity index (χ3n) is 1.62. The fourth-order valence-corrected chi connectivity index (χ4v) is 0.805. The molecule has 0 atom stereocenters. The summed E-state index contributed by atoms with van der Waals surface area (Å²) in [5, 5.41) is 15.5. The van der Waals surface area contributed by atoms with Gasteiger partial charge < -0.3 is 5.73 Å². The van der Waals surface area contributed by atoms with Crippen LogP contribution < -0.4 is 16.6 Å². The summed E-state index contributed by atoms with van der Waals surface area (Å²) in [6.45, 7) is 4.90. The van der Waals surface area contributed by atoms with E-state index in [0.29, 0.717) is 13.2 Å². The van der Waals surface area contributed by atoms with Gasteiger partial charge >= 0.3 is 0 Å². The molecule has 17 heavy (non-hydrogen) atoms. The average Bonchev–Trinajstić information content (AvgIpc) is 2.30. The number of nitrogens with two attached hydrogens (primary N) is 1. The topological polar surface area (TPSA) is 119 Å². The summed E-state index contributed by atoms with van der Waals surface area (Å²) in [4.78, 5) is 10.5. The van der Waals surface area contributed by atoms with Gasteiger partial charge in [0.1, 0.15) is 0 Å². The Hall–Kier alpha value is -1.54. The van der Waals surface area contributed by atoms with Gasteiger partial charge in [-0.25, -0.2) is 9.68 Å². The highest BCUT2D eigenvalue weighted by Gasteiger charge is 2.11. The molecule has 100 valence electrons. The van der Waals surface area contributed by atoms with E-state index in [1.807, 2.05) is 13.8 Å². The number of nitrogens with zero attached hydrogens (tertiary/aromatic N) is 1. The molecule has 0 rings (SSSR count). The van der Waals surface area contributed by atoms with Crippen LogP contribution in [0.1, 0.15) is 33.1 Å². The molecule has 8 nitrogen and oxygen atoms in total. The Bertz CT molecular complexity index is 236. The number of unbranched alkanes of at least 4 members (excludes halogenated alkanes) is 1. The number of guanidine groups is 2. The Kier molecular flexibility index (Phi) is 8.79. The monoisotopic (exact) mass is 246 g/mol. The van der Waals surface area contributed by atoms with E-state index in [-0.39, 0.29) is 11.9 Å². The molecule has 0 spiro atoms. The SMILES string of the molecule is CCCCON(OCCC)C(=N)NNC(=N)N. The molecule has 0 aliphatic rings. The normalized spacial score (nSPS) is 9.76. The predicted octanol–water partition coefficient (Wildman–Crippen LogP) is 0.284. The first-order valence-corrected chi connectivity index (χ1v) is 5.62. The summed E-state index contributed by atoms with van der Waals surface area (Å²) in [6.07, 6.45) is 2.68. The van der Waals surface area contributed by atoms with Crippen LogP contribution in [-0.4, -0.2) is 30.4 Å². The molecule has 0 saturated carbocycles. The van der Waals surface area contributed by atoms with Gasteiger partial charge in [-0.15, -0.1) is 0 Å². The van der Waals surface area contributed by atoms with E-state index in [9.17, 15) is 0 Å². The highest BCUT2D eigenvalue weighted by Crippen LogP contribution is 1.97. The van der Waals surface area contributed by atoms with Crippen molar-refractivity contribution in [1.82, 2.24) is 16.1 Å². The first-order valence-electron chi connectivity index (χ1n) is 5.62. The molecule has 0 fully saturated rings. The first kappa shape index (κ1) is 15.5. The maximum absolute atomic E-state index is 7.60. The van der Waals surface area contributed by atoms with E-state index in [2.05, 4.69) is 10.9 Å². The van der Waals surface area contributed by atoms with Gasteiger partial charge in [0.05, 0.1) is 13.2 Å². The zero-order valence-corrected chi connectivity index (χ0v) is 10.4. The van der Waals surface area contributed by atoms with Gasteiger partial charge in [-0.1, -0.05) is 25.5 Å². The molecule has 0 aliphatic carbocycles. The molecule has 0 aliphatic heterocycles. The second kappa shape index (κ2) is 9.67. The van der Waals surface area contributed by atoms with Crippen molar-refractivity contribution in [3.05, 3.63) is 0 Å². The third-order valence-corrected chi connectivity index (χ3v) is 1.62. The van der Waals surface area contributed by atoms with Crippen LogP contribution in [0.4, 0.5) is 0 Å². The molecule has 0 saturated heterocycles. The Labute approximate surface area is 101 Å². The van der Waals surface area contributed by atoms with Crippen molar-refractivity contribution in [3.63, 3.8) is 0 Å².